The highest BCUT2D eigenvalue weighted by Crippen LogP contribution is 2.25. The van der Waals surface area contributed by atoms with Crippen molar-refractivity contribution >= 4 is 11.3 Å². The third-order valence-corrected chi connectivity index (χ3v) is 5.61. The molecule has 1 fully saturated rings. The quantitative estimate of drug-likeness (QED) is 0.679. The van der Waals surface area contributed by atoms with Gasteiger partial charge in [-0.3, -0.25) is 4.90 Å². The van der Waals surface area contributed by atoms with E-state index in [2.05, 4.69) is 15.0 Å². The molecule has 6 heteroatoms. The van der Waals surface area contributed by atoms with E-state index in [1.165, 1.54) is 0 Å². The van der Waals surface area contributed by atoms with E-state index in [0.29, 0.717) is 24.2 Å². The molecule has 0 unspecified atom stereocenters. The second-order valence-corrected chi connectivity index (χ2v) is 7.45. The van der Waals surface area contributed by atoms with Crippen molar-refractivity contribution in [3.8, 4) is 10.7 Å². The Bertz CT molecular complexity index is 810. The van der Waals surface area contributed by atoms with Crippen molar-refractivity contribution < 1.29 is 8.91 Å². The Kier molecular flexibility index (Phi) is 4.90. The summed E-state index contributed by atoms with van der Waals surface area (Å²) in [6.07, 6.45) is 2.96. The second kappa shape index (κ2) is 7.45. The molecule has 0 amide bonds. The van der Waals surface area contributed by atoms with E-state index < -0.39 is 0 Å². The van der Waals surface area contributed by atoms with E-state index in [-0.39, 0.29) is 5.82 Å². The van der Waals surface area contributed by atoms with Crippen LogP contribution in [-0.4, -0.2) is 28.1 Å². The van der Waals surface area contributed by atoms with Crippen LogP contribution in [-0.2, 0) is 13.0 Å². The Balaban J connectivity index is 1.30. The van der Waals surface area contributed by atoms with Gasteiger partial charge in [0.25, 0.3) is 0 Å². The fourth-order valence-electron chi connectivity index (χ4n) is 3.34. The van der Waals surface area contributed by atoms with Crippen molar-refractivity contribution in [2.24, 2.45) is 5.92 Å². The summed E-state index contributed by atoms with van der Waals surface area (Å²) in [5.41, 5.74) is 0.832. The lowest BCUT2D eigenvalue weighted by molar-refractivity contribution is 0.158. The number of aromatic nitrogens is 2. The van der Waals surface area contributed by atoms with Gasteiger partial charge in [-0.1, -0.05) is 29.4 Å². The molecule has 1 aliphatic heterocycles. The third-order valence-electron chi connectivity index (χ3n) is 4.74. The number of nitrogens with zero attached hydrogens (tertiary/aromatic N) is 3. The minimum atomic E-state index is -0.0862. The molecule has 0 saturated carbocycles. The molecule has 1 saturated heterocycles. The molecule has 4 rings (SSSR count). The molecule has 2 aromatic heterocycles. The number of hydrogen-bond acceptors (Lipinski definition) is 5. The molecule has 0 atom stereocenters. The molecule has 130 valence electrons. The van der Waals surface area contributed by atoms with E-state index in [0.717, 1.165) is 42.8 Å². The molecule has 1 aliphatic rings. The molecule has 0 N–H and O–H groups in total. The maximum absolute atomic E-state index is 13.8. The molecular weight excluding hydrogens is 337 g/mol. The van der Waals surface area contributed by atoms with Gasteiger partial charge in [0.05, 0.1) is 11.4 Å². The summed E-state index contributed by atoms with van der Waals surface area (Å²) in [6, 6.07) is 11.1. The minimum absolute atomic E-state index is 0.0862. The molecule has 0 bridgehead atoms. The SMILES string of the molecule is Fc1ccccc1CC1CCN(Cc2nc(-c3cccs3)no2)CC1. The van der Waals surface area contributed by atoms with E-state index in [1.54, 1.807) is 23.5 Å². The zero-order valence-corrected chi connectivity index (χ0v) is 14.7. The van der Waals surface area contributed by atoms with Gasteiger partial charge in [0, 0.05) is 0 Å². The van der Waals surface area contributed by atoms with E-state index >= 15 is 0 Å². The Hall–Kier alpha value is -2.05. The van der Waals surface area contributed by atoms with Crippen LogP contribution in [0.4, 0.5) is 4.39 Å². The Labute approximate surface area is 150 Å². The lowest BCUT2D eigenvalue weighted by atomic mass is 9.90. The third kappa shape index (κ3) is 3.96. The molecule has 25 heavy (non-hydrogen) atoms. The van der Waals surface area contributed by atoms with E-state index in [4.69, 9.17) is 4.52 Å². The number of halogens is 1. The molecule has 0 aliphatic carbocycles. The fraction of sp³-hybridized carbons (Fsp3) is 0.368. The van der Waals surface area contributed by atoms with Crippen molar-refractivity contribution in [1.29, 1.82) is 0 Å². The molecule has 4 nitrogen and oxygen atoms in total. The van der Waals surface area contributed by atoms with Crippen LogP contribution in [0.5, 0.6) is 0 Å². The number of thiophene rings is 1. The summed E-state index contributed by atoms with van der Waals surface area (Å²) >= 11 is 1.61. The van der Waals surface area contributed by atoms with Crippen molar-refractivity contribution in [3.05, 3.63) is 59.0 Å². The Morgan fingerprint density at radius 1 is 1.16 bits per heavy atom. The maximum Gasteiger partial charge on any atom is 0.241 e. The molecule has 1 aromatic carbocycles. The van der Waals surface area contributed by atoms with Crippen LogP contribution in [0.3, 0.4) is 0 Å². The minimum Gasteiger partial charge on any atom is -0.338 e. The van der Waals surface area contributed by atoms with Gasteiger partial charge in [0.1, 0.15) is 5.82 Å². The highest BCUT2D eigenvalue weighted by Gasteiger charge is 2.22. The molecule has 0 spiro atoms. The first-order valence-electron chi connectivity index (χ1n) is 8.60. The van der Waals surface area contributed by atoms with Crippen LogP contribution in [0.15, 0.2) is 46.3 Å². The number of benzene rings is 1. The van der Waals surface area contributed by atoms with Crippen molar-refractivity contribution in [2.45, 2.75) is 25.8 Å². The van der Waals surface area contributed by atoms with Crippen LogP contribution in [0, 0.1) is 11.7 Å². The van der Waals surface area contributed by atoms with Gasteiger partial charge in [0.15, 0.2) is 0 Å². The van der Waals surface area contributed by atoms with Crippen molar-refractivity contribution in [3.63, 3.8) is 0 Å². The molecule has 3 heterocycles. The lowest BCUT2D eigenvalue weighted by Gasteiger charge is -2.31. The number of hydrogen-bond donors (Lipinski definition) is 0. The predicted molar refractivity (Wildman–Crippen MR) is 95.7 cm³/mol. The zero-order chi connectivity index (χ0) is 17.1. The first-order valence-corrected chi connectivity index (χ1v) is 9.48. The van der Waals surface area contributed by atoms with E-state index in [9.17, 15) is 4.39 Å². The smallest absolute Gasteiger partial charge is 0.241 e. The summed E-state index contributed by atoms with van der Waals surface area (Å²) in [5.74, 6) is 1.78. The normalized spacial score (nSPS) is 16.4. The van der Waals surface area contributed by atoms with Crippen LogP contribution in [0.1, 0.15) is 24.3 Å². The molecule has 3 aromatic rings. The van der Waals surface area contributed by atoms with Gasteiger partial charge in [-0.15, -0.1) is 11.3 Å². The standard InChI is InChI=1S/C19H20FN3OS/c20-16-5-2-1-4-15(16)12-14-7-9-23(10-8-14)13-18-21-19(22-24-18)17-6-3-11-25-17/h1-6,11,14H,7-10,12-13H2. The summed E-state index contributed by atoms with van der Waals surface area (Å²) in [4.78, 5) is 7.85. The maximum atomic E-state index is 13.8. The highest BCUT2D eigenvalue weighted by atomic mass is 32.1. The van der Waals surface area contributed by atoms with Gasteiger partial charge < -0.3 is 4.52 Å². The number of likely N-dealkylation sites (tertiary alicyclic amines) is 1. The van der Waals surface area contributed by atoms with Crippen molar-refractivity contribution in [2.75, 3.05) is 13.1 Å². The first-order chi connectivity index (χ1) is 12.3. The van der Waals surface area contributed by atoms with Gasteiger partial charge in [-0.05, 0) is 61.3 Å². The van der Waals surface area contributed by atoms with Crippen LogP contribution in [0.2, 0.25) is 0 Å². The number of piperidine rings is 1. The van der Waals surface area contributed by atoms with Gasteiger partial charge in [-0.25, -0.2) is 4.39 Å². The topological polar surface area (TPSA) is 42.2 Å². The zero-order valence-electron chi connectivity index (χ0n) is 13.9. The van der Waals surface area contributed by atoms with Crippen LogP contribution < -0.4 is 0 Å². The highest BCUT2D eigenvalue weighted by molar-refractivity contribution is 7.13. The van der Waals surface area contributed by atoms with Gasteiger partial charge >= 0.3 is 0 Å². The average Bonchev–Trinajstić information content (AvgIpc) is 3.30. The summed E-state index contributed by atoms with van der Waals surface area (Å²) < 4.78 is 19.2. The van der Waals surface area contributed by atoms with E-state index in [1.807, 2.05) is 29.6 Å². The van der Waals surface area contributed by atoms with Crippen LogP contribution >= 0.6 is 11.3 Å². The summed E-state index contributed by atoms with van der Waals surface area (Å²) in [7, 11) is 0. The largest absolute Gasteiger partial charge is 0.338 e. The average molecular weight is 357 g/mol. The molecular formula is C19H20FN3OS. The fourth-order valence-corrected chi connectivity index (χ4v) is 3.99. The summed E-state index contributed by atoms with van der Waals surface area (Å²) in [6.45, 7) is 2.65. The Morgan fingerprint density at radius 3 is 2.76 bits per heavy atom. The molecule has 0 radical (unpaired) electrons. The number of rotatable bonds is 5. The Morgan fingerprint density at radius 2 is 2.00 bits per heavy atom. The van der Waals surface area contributed by atoms with Gasteiger partial charge in [-0.2, -0.15) is 4.98 Å². The lowest BCUT2D eigenvalue weighted by Crippen LogP contribution is -2.34. The summed E-state index contributed by atoms with van der Waals surface area (Å²) in [5, 5.41) is 6.07. The first kappa shape index (κ1) is 16.4. The van der Waals surface area contributed by atoms with Gasteiger partial charge in [0.2, 0.25) is 11.7 Å². The monoisotopic (exact) mass is 357 g/mol. The predicted octanol–water partition coefficient (Wildman–Crippen LogP) is 4.39. The second-order valence-electron chi connectivity index (χ2n) is 6.50. The van der Waals surface area contributed by atoms with Crippen LogP contribution in [0.25, 0.3) is 10.7 Å². The van der Waals surface area contributed by atoms with Crippen molar-refractivity contribution in [1.82, 2.24) is 15.0 Å².